The van der Waals surface area contributed by atoms with E-state index in [0.29, 0.717) is 22.7 Å². The molecule has 0 atom stereocenters. The summed E-state index contributed by atoms with van der Waals surface area (Å²) in [6, 6.07) is 8.59. The fourth-order valence-corrected chi connectivity index (χ4v) is 3.68. The fraction of sp³-hybridized carbons (Fsp3) is 0.136. The number of hydrogen-bond acceptors (Lipinski definition) is 4. The predicted octanol–water partition coefficient (Wildman–Crippen LogP) is 4.14. The van der Waals surface area contributed by atoms with Crippen molar-refractivity contribution in [3.05, 3.63) is 81.8 Å². The third-order valence-electron chi connectivity index (χ3n) is 5.01. The molecule has 2 aromatic heterocycles. The number of rotatable bonds is 4. The summed E-state index contributed by atoms with van der Waals surface area (Å²) < 4.78 is 20.6. The molecule has 3 heterocycles. The van der Waals surface area contributed by atoms with E-state index in [9.17, 15) is 18.8 Å². The van der Waals surface area contributed by atoms with Crippen LogP contribution in [0.15, 0.2) is 52.7 Å². The molecule has 0 bridgehead atoms. The molecule has 4 rings (SSSR count). The number of halogens is 2. The highest BCUT2D eigenvalue weighted by molar-refractivity contribution is 6.31. The van der Waals surface area contributed by atoms with Gasteiger partial charge in [-0.05, 0) is 61.9 Å². The Morgan fingerprint density at radius 2 is 1.94 bits per heavy atom. The molecule has 1 aliphatic heterocycles. The van der Waals surface area contributed by atoms with E-state index < -0.39 is 23.7 Å². The van der Waals surface area contributed by atoms with E-state index in [0.717, 1.165) is 10.6 Å². The lowest BCUT2D eigenvalue weighted by Crippen LogP contribution is -2.53. The third-order valence-corrected chi connectivity index (χ3v) is 5.30. The molecule has 1 aromatic carbocycles. The molecule has 1 aliphatic rings. The average Bonchev–Trinajstić information content (AvgIpc) is 3.32. The maximum absolute atomic E-state index is 13.5. The number of amides is 4. The second-order valence-electron chi connectivity index (χ2n) is 7.05. The quantitative estimate of drug-likeness (QED) is 0.487. The largest absolute Gasteiger partial charge is 0.467 e. The molecule has 3 aromatic rings. The summed E-state index contributed by atoms with van der Waals surface area (Å²) in [5, 5.41) is 2.17. The number of nitrogens with one attached hydrogen (secondary N) is 1. The molecule has 0 radical (unpaired) electrons. The van der Waals surface area contributed by atoms with Crippen molar-refractivity contribution in [3.63, 3.8) is 0 Å². The fourth-order valence-electron chi connectivity index (χ4n) is 3.51. The summed E-state index contributed by atoms with van der Waals surface area (Å²) >= 11 is 5.91. The van der Waals surface area contributed by atoms with Crippen molar-refractivity contribution < 1.29 is 23.2 Å². The normalized spacial score (nSPS) is 15.7. The zero-order chi connectivity index (χ0) is 22.3. The Kier molecular flexibility index (Phi) is 5.24. The Balaban J connectivity index is 1.71. The highest BCUT2D eigenvalue weighted by Crippen LogP contribution is 2.27. The molecule has 0 spiro atoms. The van der Waals surface area contributed by atoms with E-state index in [1.807, 2.05) is 11.5 Å². The number of hydrogen-bond donors (Lipinski definition) is 1. The number of imide groups is 2. The van der Waals surface area contributed by atoms with Gasteiger partial charge in [0.25, 0.3) is 11.8 Å². The van der Waals surface area contributed by atoms with Crippen LogP contribution in [0.2, 0.25) is 5.02 Å². The molecule has 0 unspecified atom stereocenters. The number of furan rings is 1. The van der Waals surface area contributed by atoms with E-state index >= 15 is 0 Å². The Labute approximate surface area is 181 Å². The average molecular weight is 442 g/mol. The Hall–Kier alpha value is -3.65. The highest BCUT2D eigenvalue weighted by atomic mass is 35.5. The summed E-state index contributed by atoms with van der Waals surface area (Å²) in [6.45, 7) is 3.53. The second kappa shape index (κ2) is 7.88. The molecule has 7 nitrogen and oxygen atoms in total. The van der Waals surface area contributed by atoms with Crippen LogP contribution in [0, 0.1) is 19.7 Å². The molecule has 1 fully saturated rings. The zero-order valence-electron chi connectivity index (χ0n) is 16.6. The lowest BCUT2D eigenvalue weighted by Gasteiger charge is -2.25. The van der Waals surface area contributed by atoms with E-state index in [2.05, 4.69) is 5.32 Å². The van der Waals surface area contributed by atoms with Crippen LogP contribution in [-0.4, -0.2) is 27.3 Å². The van der Waals surface area contributed by atoms with Gasteiger partial charge in [-0.2, -0.15) is 0 Å². The van der Waals surface area contributed by atoms with Crippen LogP contribution < -0.4 is 5.32 Å². The second-order valence-corrected chi connectivity index (χ2v) is 7.46. The van der Waals surface area contributed by atoms with Crippen molar-refractivity contribution in [2.24, 2.45) is 0 Å². The standard InChI is InChI=1S/C22H17ClFN3O4/c1-12-8-14(13(2)27(12)15-5-6-19(24)18(23)10-15)9-17-20(28)25-22(30)26(21(17)29)11-16-4-3-7-31-16/h3-10H,11H2,1-2H3,(H,25,28,30). The maximum Gasteiger partial charge on any atom is 0.331 e. The van der Waals surface area contributed by atoms with Gasteiger partial charge in [0, 0.05) is 17.1 Å². The first kappa shape index (κ1) is 20.6. The van der Waals surface area contributed by atoms with E-state index in [-0.39, 0.29) is 17.1 Å². The van der Waals surface area contributed by atoms with Crippen molar-refractivity contribution in [3.8, 4) is 5.69 Å². The van der Waals surface area contributed by atoms with Crippen molar-refractivity contribution in [2.75, 3.05) is 0 Å². The van der Waals surface area contributed by atoms with E-state index in [1.165, 1.54) is 24.5 Å². The Bertz CT molecular complexity index is 1240. The number of aryl methyl sites for hydroxylation is 1. The number of benzene rings is 1. The van der Waals surface area contributed by atoms with E-state index in [4.69, 9.17) is 16.0 Å². The molecule has 158 valence electrons. The molecule has 1 saturated heterocycles. The summed E-state index contributed by atoms with van der Waals surface area (Å²) in [5.41, 5.74) is 2.56. The van der Waals surface area contributed by atoms with Gasteiger partial charge in [-0.25, -0.2) is 9.18 Å². The van der Waals surface area contributed by atoms with Crippen LogP contribution in [0.25, 0.3) is 11.8 Å². The lowest BCUT2D eigenvalue weighted by molar-refractivity contribution is -0.130. The minimum absolute atomic E-state index is 0.0150. The van der Waals surface area contributed by atoms with Crippen LogP contribution in [-0.2, 0) is 16.1 Å². The predicted molar refractivity (Wildman–Crippen MR) is 111 cm³/mol. The van der Waals surface area contributed by atoms with Crippen LogP contribution >= 0.6 is 11.6 Å². The third kappa shape index (κ3) is 3.77. The summed E-state index contributed by atoms with van der Waals surface area (Å²) in [6.07, 6.45) is 2.86. The number of aromatic nitrogens is 1. The van der Waals surface area contributed by atoms with Crippen LogP contribution in [0.5, 0.6) is 0 Å². The van der Waals surface area contributed by atoms with Gasteiger partial charge in [0.1, 0.15) is 17.2 Å². The number of urea groups is 1. The molecule has 31 heavy (non-hydrogen) atoms. The van der Waals surface area contributed by atoms with Gasteiger partial charge in [0.05, 0.1) is 17.8 Å². The van der Waals surface area contributed by atoms with Crippen molar-refractivity contribution in [1.29, 1.82) is 0 Å². The topological polar surface area (TPSA) is 84.6 Å². The number of carbonyl (C=O) groups is 3. The van der Waals surface area contributed by atoms with Gasteiger partial charge < -0.3 is 8.98 Å². The molecular formula is C22H17ClFN3O4. The first-order valence-corrected chi connectivity index (χ1v) is 9.69. The monoisotopic (exact) mass is 441 g/mol. The molecule has 9 heteroatoms. The zero-order valence-corrected chi connectivity index (χ0v) is 17.4. The van der Waals surface area contributed by atoms with Gasteiger partial charge in [0.15, 0.2) is 0 Å². The minimum atomic E-state index is -0.810. The molecule has 4 amide bonds. The SMILES string of the molecule is Cc1cc(C=C2C(=O)NC(=O)N(Cc3ccco3)C2=O)c(C)n1-c1ccc(F)c(Cl)c1. The van der Waals surface area contributed by atoms with Crippen molar-refractivity contribution in [1.82, 2.24) is 14.8 Å². The van der Waals surface area contributed by atoms with Crippen LogP contribution in [0.1, 0.15) is 22.7 Å². The number of barbiturate groups is 1. The first-order valence-electron chi connectivity index (χ1n) is 9.32. The summed E-state index contributed by atoms with van der Waals surface area (Å²) in [4.78, 5) is 38.4. The molecule has 0 saturated carbocycles. The first-order chi connectivity index (χ1) is 14.8. The van der Waals surface area contributed by atoms with Crippen LogP contribution in [0.3, 0.4) is 0 Å². The van der Waals surface area contributed by atoms with Crippen LogP contribution in [0.4, 0.5) is 9.18 Å². The minimum Gasteiger partial charge on any atom is -0.467 e. The molecular weight excluding hydrogens is 425 g/mol. The maximum atomic E-state index is 13.5. The van der Waals surface area contributed by atoms with Gasteiger partial charge in [-0.15, -0.1) is 0 Å². The van der Waals surface area contributed by atoms with Gasteiger partial charge >= 0.3 is 6.03 Å². The number of carbonyl (C=O) groups excluding carboxylic acids is 3. The van der Waals surface area contributed by atoms with E-state index in [1.54, 1.807) is 31.2 Å². The van der Waals surface area contributed by atoms with Gasteiger partial charge in [-0.1, -0.05) is 11.6 Å². The van der Waals surface area contributed by atoms with Gasteiger partial charge in [-0.3, -0.25) is 19.8 Å². The van der Waals surface area contributed by atoms with Crippen molar-refractivity contribution >= 4 is 35.5 Å². The molecule has 1 N–H and O–H groups in total. The molecule has 0 aliphatic carbocycles. The highest BCUT2D eigenvalue weighted by Gasteiger charge is 2.36. The smallest absolute Gasteiger partial charge is 0.331 e. The van der Waals surface area contributed by atoms with Crippen molar-refractivity contribution in [2.45, 2.75) is 20.4 Å². The Morgan fingerprint density at radius 3 is 2.61 bits per heavy atom. The Morgan fingerprint density at radius 1 is 1.16 bits per heavy atom. The summed E-state index contributed by atoms with van der Waals surface area (Å²) in [5.74, 6) is -1.62. The number of nitrogens with zero attached hydrogens (tertiary/aromatic N) is 2. The summed E-state index contributed by atoms with van der Waals surface area (Å²) in [7, 11) is 0. The lowest BCUT2D eigenvalue weighted by atomic mass is 10.1. The van der Waals surface area contributed by atoms with Gasteiger partial charge in [0.2, 0.25) is 0 Å².